The van der Waals surface area contributed by atoms with Gasteiger partial charge in [0.05, 0.1) is 12.6 Å². The summed E-state index contributed by atoms with van der Waals surface area (Å²) < 4.78 is 5.65. The second kappa shape index (κ2) is 5.46. The van der Waals surface area contributed by atoms with Crippen LogP contribution in [0.25, 0.3) is 10.9 Å². The maximum atomic E-state index is 5.65. The Balaban J connectivity index is 1.83. The predicted molar refractivity (Wildman–Crippen MR) is 87.3 cm³/mol. The maximum Gasteiger partial charge on any atom is 0.120 e. The normalized spacial score (nSPS) is 17.4. The van der Waals surface area contributed by atoms with Gasteiger partial charge in [-0.15, -0.1) is 0 Å². The van der Waals surface area contributed by atoms with Crippen molar-refractivity contribution in [1.29, 1.82) is 0 Å². The average Bonchev–Trinajstić information content (AvgIpc) is 2.94. The van der Waals surface area contributed by atoms with Crippen LogP contribution in [-0.4, -0.2) is 23.1 Å². The van der Waals surface area contributed by atoms with E-state index in [1.54, 1.807) is 0 Å². The third kappa shape index (κ3) is 2.16. The number of nitrogens with one attached hydrogen (secondary N) is 2. The lowest BCUT2D eigenvalue weighted by Gasteiger charge is -2.24. The molecule has 1 atom stereocenters. The van der Waals surface area contributed by atoms with Crippen LogP contribution in [0, 0.1) is 0 Å². The van der Waals surface area contributed by atoms with E-state index in [0.29, 0.717) is 6.61 Å². The van der Waals surface area contributed by atoms with Crippen LogP contribution in [0.4, 0.5) is 0 Å². The van der Waals surface area contributed by atoms with Crippen LogP contribution in [0.2, 0.25) is 0 Å². The van der Waals surface area contributed by atoms with Gasteiger partial charge in [-0.3, -0.25) is 4.98 Å². The first kappa shape index (κ1) is 13.3. The SMILES string of the molecule is CCOc1ccc2[nH]c3c(c2c1)CCNC3c1cccnc1. The Hall–Kier alpha value is -2.33. The molecule has 0 amide bonds. The Morgan fingerprint density at radius 3 is 3.09 bits per heavy atom. The quantitative estimate of drug-likeness (QED) is 0.779. The molecule has 4 nitrogen and oxygen atoms in total. The molecule has 112 valence electrons. The summed E-state index contributed by atoms with van der Waals surface area (Å²) in [5.41, 5.74) is 5.01. The number of H-pyrrole nitrogens is 1. The standard InChI is InChI=1S/C18H19N3O/c1-2-22-13-5-6-16-15(10-13)14-7-9-20-17(18(14)21-16)12-4-3-8-19-11-12/h3-6,8,10-11,17,20-21H,2,7,9H2,1H3. The summed E-state index contributed by atoms with van der Waals surface area (Å²) in [6.45, 7) is 3.68. The number of rotatable bonds is 3. The third-order valence-electron chi connectivity index (χ3n) is 4.25. The molecule has 0 spiro atoms. The summed E-state index contributed by atoms with van der Waals surface area (Å²) in [6.07, 6.45) is 4.78. The molecule has 1 aliphatic heterocycles. The highest BCUT2D eigenvalue weighted by Crippen LogP contribution is 2.34. The molecule has 0 saturated heterocycles. The number of hydrogen-bond donors (Lipinski definition) is 2. The molecule has 0 radical (unpaired) electrons. The fourth-order valence-electron chi connectivity index (χ4n) is 3.29. The zero-order valence-corrected chi connectivity index (χ0v) is 12.6. The van der Waals surface area contributed by atoms with Crippen LogP contribution in [-0.2, 0) is 6.42 Å². The molecule has 0 bridgehead atoms. The number of fused-ring (bicyclic) bond motifs is 3. The van der Waals surface area contributed by atoms with Gasteiger partial charge in [0.2, 0.25) is 0 Å². The summed E-state index contributed by atoms with van der Waals surface area (Å²) in [5.74, 6) is 0.938. The van der Waals surface area contributed by atoms with Gasteiger partial charge in [-0.05, 0) is 48.7 Å². The average molecular weight is 293 g/mol. The van der Waals surface area contributed by atoms with Crippen LogP contribution in [0.3, 0.4) is 0 Å². The van der Waals surface area contributed by atoms with Crippen LogP contribution < -0.4 is 10.1 Å². The molecule has 22 heavy (non-hydrogen) atoms. The Morgan fingerprint density at radius 2 is 2.27 bits per heavy atom. The third-order valence-corrected chi connectivity index (χ3v) is 4.25. The Morgan fingerprint density at radius 1 is 1.32 bits per heavy atom. The van der Waals surface area contributed by atoms with Gasteiger partial charge >= 0.3 is 0 Å². The summed E-state index contributed by atoms with van der Waals surface area (Å²) in [5, 5.41) is 4.86. The number of hydrogen-bond acceptors (Lipinski definition) is 3. The highest BCUT2D eigenvalue weighted by Gasteiger charge is 2.25. The van der Waals surface area contributed by atoms with Crippen molar-refractivity contribution in [2.75, 3.05) is 13.2 Å². The molecule has 1 aliphatic rings. The number of nitrogens with zero attached hydrogens (tertiary/aromatic N) is 1. The van der Waals surface area contributed by atoms with Crippen LogP contribution in [0.5, 0.6) is 5.75 Å². The van der Waals surface area contributed by atoms with Gasteiger partial charge in [0.1, 0.15) is 5.75 Å². The molecule has 0 fully saturated rings. The number of aromatic nitrogens is 2. The van der Waals surface area contributed by atoms with Crippen LogP contribution in [0.15, 0.2) is 42.7 Å². The van der Waals surface area contributed by atoms with E-state index >= 15 is 0 Å². The summed E-state index contributed by atoms with van der Waals surface area (Å²) in [7, 11) is 0. The number of aromatic amines is 1. The van der Waals surface area contributed by atoms with E-state index in [-0.39, 0.29) is 6.04 Å². The summed E-state index contributed by atoms with van der Waals surface area (Å²) in [4.78, 5) is 7.84. The summed E-state index contributed by atoms with van der Waals surface area (Å²) >= 11 is 0. The molecule has 3 heterocycles. The minimum atomic E-state index is 0.181. The molecule has 0 saturated carbocycles. The summed E-state index contributed by atoms with van der Waals surface area (Å²) in [6, 6.07) is 10.6. The van der Waals surface area contributed by atoms with Crippen LogP contribution >= 0.6 is 0 Å². The van der Waals surface area contributed by atoms with E-state index in [2.05, 4.69) is 33.5 Å². The van der Waals surface area contributed by atoms with Gasteiger partial charge in [0.15, 0.2) is 0 Å². The molecule has 1 unspecified atom stereocenters. The molecule has 0 aliphatic carbocycles. The maximum absolute atomic E-state index is 5.65. The molecule has 2 N–H and O–H groups in total. The Bertz CT molecular complexity index is 795. The van der Waals surface area contributed by atoms with Gasteiger partial charge in [-0.1, -0.05) is 6.07 Å². The van der Waals surface area contributed by atoms with Crippen molar-refractivity contribution < 1.29 is 4.74 Å². The second-order valence-corrected chi connectivity index (χ2v) is 5.58. The van der Waals surface area contributed by atoms with Gasteiger partial charge in [-0.2, -0.15) is 0 Å². The molecule has 1 aromatic carbocycles. The molecule has 3 aromatic rings. The van der Waals surface area contributed by atoms with E-state index in [0.717, 1.165) is 18.7 Å². The first-order chi connectivity index (χ1) is 10.9. The first-order valence-electron chi connectivity index (χ1n) is 7.77. The minimum absolute atomic E-state index is 0.181. The van der Waals surface area contributed by atoms with Crippen molar-refractivity contribution >= 4 is 10.9 Å². The fourth-order valence-corrected chi connectivity index (χ4v) is 3.29. The highest BCUT2D eigenvalue weighted by atomic mass is 16.5. The number of benzene rings is 1. The van der Waals surface area contributed by atoms with Crippen molar-refractivity contribution in [2.45, 2.75) is 19.4 Å². The zero-order chi connectivity index (χ0) is 14.9. The van der Waals surface area contributed by atoms with Crippen molar-refractivity contribution in [3.05, 3.63) is 59.5 Å². The smallest absolute Gasteiger partial charge is 0.120 e. The topological polar surface area (TPSA) is 49.9 Å². The largest absolute Gasteiger partial charge is 0.494 e. The molecule has 2 aromatic heterocycles. The van der Waals surface area contributed by atoms with Crippen LogP contribution in [0.1, 0.15) is 29.8 Å². The lowest BCUT2D eigenvalue weighted by Crippen LogP contribution is -2.30. The minimum Gasteiger partial charge on any atom is -0.494 e. The zero-order valence-electron chi connectivity index (χ0n) is 12.6. The Kier molecular flexibility index (Phi) is 3.31. The molecular formula is C18H19N3O. The van der Waals surface area contributed by atoms with Crippen molar-refractivity contribution in [2.24, 2.45) is 0 Å². The molecule has 4 rings (SSSR count). The fraction of sp³-hybridized carbons (Fsp3) is 0.278. The number of pyridine rings is 1. The first-order valence-corrected chi connectivity index (χ1v) is 7.77. The van der Waals surface area contributed by atoms with E-state index in [4.69, 9.17) is 4.74 Å². The van der Waals surface area contributed by atoms with Crippen molar-refractivity contribution in [1.82, 2.24) is 15.3 Å². The van der Waals surface area contributed by atoms with E-state index in [9.17, 15) is 0 Å². The molecule has 4 heteroatoms. The van der Waals surface area contributed by atoms with Gasteiger partial charge < -0.3 is 15.0 Å². The van der Waals surface area contributed by atoms with E-state index in [1.807, 2.05) is 31.5 Å². The lowest BCUT2D eigenvalue weighted by atomic mass is 9.95. The van der Waals surface area contributed by atoms with E-state index < -0.39 is 0 Å². The highest BCUT2D eigenvalue weighted by molar-refractivity contribution is 5.86. The van der Waals surface area contributed by atoms with Crippen molar-refractivity contribution in [3.8, 4) is 5.75 Å². The van der Waals surface area contributed by atoms with Gasteiger partial charge in [-0.25, -0.2) is 0 Å². The Labute approximate surface area is 129 Å². The van der Waals surface area contributed by atoms with Gasteiger partial charge in [0.25, 0.3) is 0 Å². The van der Waals surface area contributed by atoms with Gasteiger partial charge in [0, 0.05) is 35.5 Å². The lowest BCUT2D eigenvalue weighted by molar-refractivity contribution is 0.340. The predicted octanol–water partition coefficient (Wildman–Crippen LogP) is 3.20. The molecular weight excluding hydrogens is 274 g/mol. The number of ether oxygens (including phenoxy) is 1. The van der Waals surface area contributed by atoms with Crippen molar-refractivity contribution in [3.63, 3.8) is 0 Å². The van der Waals surface area contributed by atoms with E-state index in [1.165, 1.54) is 27.7 Å². The second-order valence-electron chi connectivity index (χ2n) is 5.58. The monoisotopic (exact) mass is 293 g/mol.